The number of nitrogen functional groups attached to an aromatic ring is 1. The Balaban J connectivity index is 1.91. The van der Waals surface area contributed by atoms with Crippen molar-refractivity contribution in [2.75, 3.05) is 12.4 Å². The standard InChI is InChI=1S/C19H27N3O4/c1-19(2,3)26-18(25)21-11-7-6-9-14(17(23)24)15-12-22(20)16-10-5-4-8-13(15)16/h4-5,8,10,12,14H,6-7,9,11,20H2,1-3H3,(H,21,25)(H,23,24). The van der Waals surface area contributed by atoms with E-state index in [1.165, 1.54) is 4.68 Å². The number of amides is 1. The second kappa shape index (κ2) is 8.12. The number of fused-ring (bicyclic) bond motifs is 1. The number of carboxylic acids is 1. The lowest BCUT2D eigenvalue weighted by atomic mass is 9.93. The first-order valence-electron chi connectivity index (χ1n) is 8.74. The normalized spacial score (nSPS) is 12.7. The molecule has 2 rings (SSSR count). The zero-order chi connectivity index (χ0) is 19.3. The number of hydrogen-bond acceptors (Lipinski definition) is 4. The Morgan fingerprint density at radius 3 is 2.62 bits per heavy atom. The highest BCUT2D eigenvalue weighted by molar-refractivity contribution is 5.89. The van der Waals surface area contributed by atoms with Crippen LogP contribution in [0.1, 0.15) is 51.5 Å². The number of unbranched alkanes of at least 4 members (excludes halogenated alkanes) is 1. The molecule has 1 heterocycles. The van der Waals surface area contributed by atoms with Crippen LogP contribution in [0.15, 0.2) is 30.5 Å². The van der Waals surface area contributed by atoms with Crippen LogP contribution in [0.2, 0.25) is 0 Å². The Hall–Kier alpha value is -2.70. The highest BCUT2D eigenvalue weighted by Gasteiger charge is 2.23. The molecule has 1 atom stereocenters. The third-order valence-corrected chi connectivity index (χ3v) is 4.03. The second-order valence-electron chi connectivity index (χ2n) is 7.32. The number of nitrogens with two attached hydrogens (primary N) is 1. The summed E-state index contributed by atoms with van der Waals surface area (Å²) < 4.78 is 6.63. The Bertz CT molecular complexity index is 777. The minimum atomic E-state index is -0.874. The van der Waals surface area contributed by atoms with Crippen molar-refractivity contribution >= 4 is 23.0 Å². The van der Waals surface area contributed by atoms with Crippen LogP contribution in [-0.2, 0) is 9.53 Å². The van der Waals surface area contributed by atoms with Crippen molar-refractivity contribution in [2.45, 2.75) is 51.6 Å². The van der Waals surface area contributed by atoms with Crippen molar-refractivity contribution in [3.63, 3.8) is 0 Å². The molecule has 142 valence electrons. The molecule has 0 saturated carbocycles. The molecule has 2 aromatic rings. The molecule has 7 nitrogen and oxygen atoms in total. The minimum Gasteiger partial charge on any atom is -0.481 e. The molecule has 0 aliphatic carbocycles. The van der Waals surface area contributed by atoms with Gasteiger partial charge < -0.3 is 21.0 Å². The Kier molecular flexibility index (Phi) is 6.13. The van der Waals surface area contributed by atoms with Crippen molar-refractivity contribution in [3.05, 3.63) is 36.0 Å². The fourth-order valence-electron chi connectivity index (χ4n) is 2.90. The topological polar surface area (TPSA) is 107 Å². The van der Waals surface area contributed by atoms with E-state index in [9.17, 15) is 14.7 Å². The van der Waals surface area contributed by atoms with Crippen LogP contribution in [0.3, 0.4) is 0 Å². The van der Waals surface area contributed by atoms with Gasteiger partial charge in [0.15, 0.2) is 0 Å². The predicted octanol–water partition coefficient (Wildman–Crippen LogP) is 3.22. The average molecular weight is 361 g/mol. The summed E-state index contributed by atoms with van der Waals surface area (Å²) in [6.45, 7) is 5.85. The maximum absolute atomic E-state index is 11.7. The molecule has 4 N–H and O–H groups in total. The molecule has 0 spiro atoms. The number of carbonyl (C=O) groups excluding carboxylic acids is 1. The van der Waals surface area contributed by atoms with Crippen LogP contribution in [0.5, 0.6) is 0 Å². The van der Waals surface area contributed by atoms with E-state index >= 15 is 0 Å². The van der Waals surface area contributed by atoms with Crippen molar-refractivity contribution < 1.29 is 19.4 Å². The van der Waals surface area contributed by atoms with Gasteiger partial charge in [-0.25, -0.2) is 4.79 Å². The number of ether oxygens (including phenoxy) is 1. The molecular formula is C19H27N3O4. The SMILES string of the molecule is CC(C)(C)OC(=O)NCCCCC(C(=O)O)c1cn(N)c2ccccc12. The van der Waals surface area contributed by atoms with E-state index in [1.807, 2.05) is 24.3 Å². The Labute approximate surface area is 153 Å². The van der Waals surface area contributed by atoms with E-state index in [0.717, 1.165) is 16.5 Å². The summed E-state index contributed by atoms with van der Waals surface area (Å²) in [6.07, 6.45) is 3.03. The fourth-order valence-corrected chi connectivity index (χ4v) is 2.90. The number of aromatic nitrogens is 1. The summed E-state index contributed by atoms with van der Waals surface area (Å²) in [5.74, 6) is 4.43. The van der Waals surface area contributed by atoms with E-state index in [4.69, 9.17) is 10.6 Å². The van der Waals surface area contributed by atoms with Crippen LogP contribution < -0.4 is 11.2 Å². The van der Waals surface area contributed by atoms with Crippen molar-refractivity contribution in [1.29, 1.82) is 0 Å². The van der Waals surface area contributed by atoms with Crippen molar-refractivity contribution in [2.24, 2.45) is 0 Å². The fraction of sp³-hybridized carbons (Fsp3) is 0.474. The van der Waals surface area contributed by atoms with E-state index in [-0.39, 0.29) is 0 Å². The maximum Gasteiger partial charge on any atom is 0.407 e. The van der Waals surface area contributed by atoms with Crippen LogP contribution >= 0.6 is 0 Å². The van der Waals surface area contributed by atoms with E-state index in [2.05, 4.69) is 5.32 Å². The highest BCUT2D eigenvalue weighted by Crippen LogP contribution is 2.30. The predicted molar refractivity (Wildman–Crippen MR) is 101 cm³/mol. The summed E-state index contributed by atoms with van der Waals surface area (Å²) >= 11 is 0. The van der Waals surface area contributed by atoms with Crippen LogP contribution in [-0.4, -0.2) is 34.0 Å². The van der Waals surface area contributed by atoms with E-state index < -0.39 is 23.6 Å². The molecule has 0 aliphatic heterocycles. The number of benzene rings is 1. The smallest absolute Gasteiger partial charge is 0.407 e. The molecule has 1 aromatic carbocycles. The van der Waals surface area contributed by atoms with Crippen LogP contribution in [0.25, 0.3) is 10.9 Å². The summed E-state index contributed by atoms with van der Waals surface area (Å²) in [7, 11) is 0. The van der Waals surface area contributed by atoms with Gasteiger partial charge >= 0.3 is 12.1 Å². The van der Waals surface area contributed by atoms with Gasteiger partial charge in [-0.05, 0) is 45.2 Å². The van der Waals surface area contributed by atoms with Gasteiger partial charge in [-0.3, -0.25) is 9.47 Å². The summed E-state index contributed by atoms with van der Waals surface area (Å²) in [5.41, 5.74) is 0.991. The van der Waals surface area contributed by atoms with E-state index in [0.29, 0.717) is 25.8 Å². The number of para-hydroxylation sites is 1. The lowest BCUT2D eigenvalue weighted by molar-refractivity contribution is -0.139. The number of hydrogen-bond donors (Lipinski definition) is 3. The quantitative estimate of drug-likeness (QED) is 0.518. The molecular weight excluding hydrogens is 334 g/mol. The van der Waals surface area contributed by atoms with Gasteiger partial charge in [0, 0.05) is 18.1 Å². The van der Waals surface area contributed by atoms with Gasteiger partial charge in [0.25, 0.3) is 0 Å². The largest absolute Gasteiger partial charge is 0.481 e. The molecule has 1 amide bonds. The molecule has 26 heavy (non-hydrogen) atoms. The third kappa shape index (κ3) is 5.15. The molecule has 0 bridgehead atoms. The molecule has 0 fully saturated rings. The second-order valence-corrected chi connectivity index (χ2v) is 7.32. The number of carbonyl (C=O) groups is 2. The maximum atomic E-state index is 11.7. The minimum absolute atomic E-state index is 0.444. The molecule has 1 aromatic heterocycles. The van der Waals surface area contributed by atoms with E-state index in [1.54, 1.807) is 27.0 Å². The van der Waals surface area contributed by atoms with Crippen LogP contribution in [0, 0.1) is 0 Å². The molecule has 7 heteroatoms. The third-order valence-electron chi connectivity index (χ3n) is 4.03. The number of rotatable bonds is 7. The highest BCUT2D eigenvalue weighted by atomic mass is 16.6. The first-order chi connectivity index (χ1) is 12.2. The van der Waals surface area contributed by atoms with Crippen molar-refractivity contribution in [1.82, 2.24) is 9.99 Å². The number of aliphatic carboxylic acids is 1. The summed E-state index contributed by atoms with van der Waals surface area (Å²) in [4.78, 5) is 23.3. The van der Waals surface area contributed by atoms with Crippen LogP contribution in [0.4, 0.5) is 4.79 Å². The molecule has 1 unspecified atom stereocenters. The molecule has 0 aliphatic rings. The Morgan fingerprint density at radius 1 is 1.27 bits per heavy atom. The zero-order valence-corrected chi connectivity index (χ0v) is 15.5. The van der Waals surface area contributed by atoms with Gasteiger partial charge in [-0.15, -0.1) is 0 Å². The molecule has 0 radical (unpaired) electrons. The van der Waals surface area contributed by atoms with Crippen molar-refractivity contribution in [3.8, 4) is 0 Å². The first-order valence-corrected chi connectivity index (χ1v) is 8.74. The zero-order valence-electron chi connectivity index (χ0n) is 15.5. The van der Waals surface area contributed by atoms with Gasteiger partial charge in [-0.1, -0.05) is 24.6 Å². The number of nitrogens with one attached hydrogen (secondary N) is 1. The van der Waals surface area contributed by atoms with Gasteiger partial charge in [0.2, 0.25) is 0 Å². The van der Waals surface area contributed by atoms with Gasteiger partial charge in [0.05, 0.1) is 11.4 Å². The number of nitrogens with zero attached hydrogens (tertiary/aromatic N) is 1. The average Bonchev–Trinajstić information content (AvgIpc) is 2.86. The monoisotopic (exact) mass is 361 g/mol. The molecule has 0 saturated heterocycles. The first kappa shape index (κ1) is 19.6. The Morgan fingerprint density at radius 2 is 1.96 bits per heavy atom. The lowest BCUT2D eigenvalue weighted by Gasteiger charge is -2.19. The lowest BCUT2D eigenvalue weighted by Crippen LogP contribution is -2.33. The summed E-state index contributed by atoms with van der Waals surface area (Å²) in [6, 6.07) is 7.49. The van der Waals surface area contributed by atoms with Gasteiger partial charge in [0.1, 0.15) is 5.60 Å². The number of carboxylic acid groups (broad SMARTS) is 1. The van der Waals surface area contributed by atoms with Gasteiger partial charge in [-0.2, -0.15) is 0 Å². The summed E-state index contributed by atoms with van der Waals surface area (Å²) in [5, 5.41) is 13.2. The number of alkyl carbamates (subject to hydrolysis) is 1.